The Kier molecular flexibility index (Phi) is 5.29. The second-order valence-electron chi connectivity index (χ2n) is 8.25. The molecular weight excluding hydrogens is 408 g/mol. The maximum absolute atomic E-state index is 14.0. The molecule has 0 aliphatic carbocycles. The summed E-state index contributed by atoms with van der Waals surface area (Å²) in [5, 5.41) is 3.25. The van der Waals surface area contributed by atoms with Gasteiger partial charge in [0.2, 0.25) is 0 Å². The van der Waals surface area contributed by atoms with E-state index in [1.165, 1.54) is 24.3 Å². The van der Waals surface area contributed by atoms with Crippen LogP contribution in [0.1, 0.15) is 33.1 Å². The van der Waals surface area contributed by atoms with Crippen LogP contribution in [0.3, 0.4) is 0 Å². The maximum atomic E-state index is 14.0. The SMILES string of the molecule is CCCC(C)=NCCCOc1c2[nH]c3ccc(F)cc3c2cc2c1[nH]c1ccc(F)cc12. The molecule has 2 N–H and O–H groups in total. The molecule has 0 unspecified atom stereocenters. The zero-order valence-electron chi connectivity index (χ0n) is 18.2. The first kappa shape index (κ1) is 20.5. The number of H-pyrrole nitrogens is 2. The Labute approximate surface area is 184 Å². The normalized spacial score (nSPS) is 12.6. The summed E-state index contributed by atoms with van der Waals surface area (Å²) in [6, 6.07) is 11.3. The number of aromatic amines is 2. The molecule has 32 heavy (non-hydrogen) atoms. The van der Waals surface area contributed by atoms with Gasteiger partial charge in [-0.15, -0.1) is 0 Å². The summed E-state index contributed by atoms with van der Waals surface area (Å²) in [5.74, 6) is 0.0671. The Hall–Kier alpha value is -3.41. The minimum Gasteiger partial charge on any atom is -0.489 e. The number of ether oxygens (including phenoxy) is 1. The van der Waals surface area contributed by atoms with Crippen molar-refractivity contribution in [3.63, 3.8) is 0 Å². The molecule has 5 rings (SSSR count). The summed E-state index contributed by atoms with van der Waals surface area (Å²) in [6.45, 7) is 5.40. The lowest BCUT2D eigenvalue weighted by Crippen LogP contribution is -2.02. The van der Waals surface area contributed by atoms with Crippen LogP contribution >= 0.6 is 0 Å². The summed E-state index contributed by atoms with van der Waals surface area (Å²) < 4.78 is 34.3. The molecule has 0 fully saturated rings. The molecule has 164 valence electrons. The van der Waals surface area contributed by atoms with E-state index in [4.69, 9.17) is 4.74 Å². The quantitative estimate of drug-likeness (QED) is 0.206. The maximum Gasteiger partial charge on any atom is 0.167 e. The molecule has 0 radical (unpaired) electrons. The van der Waals surface area contributed by atoms with Crippen molar-refractivity contribution in [1.29, 1.82) is 0 Å². The number of nitrogens with one attached hydrogen (secondary N) is 2. The van der Waals surface area contributed by atoms with E-state index in [1.54, 1.807) is 12.1 Å². The van der Waals surface area contributed by atoms with Crippen molar-refractivity contribution in [2.45, 2.75) is 33.1 Å². The van der Waals surface area contributed by atoms with Gasteiger partial charge in [-0.3, -0.25) is 4.99 Å². The second kappa shape index (κ2) is 8.26. The fourth-order valence-corrected chi connectivity index (χ4v) is 4.39. The summed E-state index contributed by atoms with van der Waals surface area (Å²) in [7, 11) is 0. The van der Waals surface area contributed by atoms with Gasteiger partial charge in [-0.2, -0.15) is 0 Å². The van der Waals surface area contributed by atoms with E-state index in [9.17, 15) is 8.78 Å². The van der Waals surface area contributed by atoms with Gasteiger partial charge < -0.3 is 14.7 Å². The minimum atomic E-state index is -0.300. The Morgan fingerprint density at radius 2 is 1.47 bits per heavy atom. The van der Waals surface area contributed by atoms with Crippen LogP contribution in [0.2, 0.25) is 0 Å². The first-order valence-electron chi connectivity index (χ1n) is 11.0. The summed E-state index contributed by atoms with van der Waals surface area (Å²) in [4.78, 5) is 11.4. The van der Waals surface area contributed by atoms with E-state index in [2.05, 4.69) is 28.8 Å². The average molecular weight is 434 g/mol. The van der Waals surface area contributed by atoms with Crippen molar-refractivity contribution in [3.05, 3.63) is 54.1 Å². The summed E-state index contributed by atoms with van der Waals surface area (Å²) >= 11 is 0. The molecule has 0 bridgehead atoms. The third kappa shape index (κ3) is 3.60. The lowest BCUT2D eigenvalue weighted by molar-refractivity contribution is 0.320. The standard InChI is InChI=1S/C26H25F2N3O/c1-3-5-15(2)29-10-4-11-32-26-24-20(18-12-16(27)6-8-22(18)30-24)14-21-19-13-17(28)7-9-23(19)31-25(21)26/h6-9,12-14,30-31H,3-5,10-11H2,1-2H3. The van der Waals surface area contributed by atoms with Gasteiger partial charge in [-0.1, -0.05) is 13.3 Å². The van der Waals surface area contributed by atoms with Crippen LogP contribution in [-0.4, -0.2) is 28.8 Å². The second-order valence-corrected chi connectivity index (χ2v) is 8.25. The van der Waals surface area contributed by atoms with Crippen molar-refractivity contribution in [3.8, 4) is 5.75 Å². The van der Waals surface area contributed by atoms with Crippen LogP contribution in [0.4, 0.5) is 8.78 Å². The van der Waals surface area contributed by atoms with Crippen molar-refractivity contribution in [1.82, 2.24) is 9.97 Å². The predicted octanol–water partition coefficient (Wildman–Crippen LogP) is 7.26. The van der Waals surface area contributed by atoms with Crippen LogP contribution in [-0.2, 0) is 0 Å². The first-order chi connectivity index (χ1) is 15.5. The van der Waals surface area contributed by atoms with Crippen LogP contribution in [0.5, 0.6) is 5.75 Å². The number of rotatable bonds is 7. The predicted molar refractivity (Wildman–Crippen MR) is 128 cm³/mol. The highest BCUT2D eigenvalue weighted by atomic mass is 19.1. The minimum absolute atomic E-state index is 0.300. The van der Waals surface area contributed by atoms with E-state index in [0.717, 1.165) is 68.6 Å². The Bertz CT molecular complexity index is 1380. The highest BCUT2D eigenvalue weighted by Gasteiger charge is 2.18. The number of halogens is 2. The smallest absolute Gasteiger partial charge is 0.167 e. The van der Waals surface area contributed by atoms with Crippen molar-refractivity contribution in [2.75, 3.05) is 13.2 Å². The van der Waals surface area contributed by atoms with E-state index >= 15 is 0 Å². The van der Waals surface area contributed by atoms with Gasteiger partial charge in [0.1, 0.15) is 11.6 Å². The molecule has 0 atom stereocenters. The fourth-order valence-electron chi connectivity index (χ4n) is 4.39. The molecule has 2 heterocycles. The Morgan fingerprint density at radius 1 is 0.875 bits per heavy atom. The van der Waals surface area contributed by atoms with Crippen LogP contribution in [0.15, 0.2) is 47.5 Å². The number of aromatic nitrogens is 2. The zero-order valence-corrected chi connectivity index (χ0v) is 18.2. The van der Waals surface area contributed by atoms with E-state index in [1.807, 2.05) is 6.07 Å². The van der Waals surface area contributed by atoms with Gasteiger partial charge in [0.25, 0.3) is 0 Å². The summed E-state index contributed by atoms with van der Waals surface area (Å²) in [5.41, 5.74) is 4.42. The van der Waals surface area contributed by atoms with Gasteiger partial charge in [-0.25, -0.2) is 8.78 Å². The average Bonchev–Trinajstić information content (AvgIpc) is 3.31. The lowest BCUT2D eigenvalue weighted by atomic mass is 10.1. The monoisotopic (exact) mass is 433 g/mol. The molecule has 0 aliphatic heterocycles. The van der Waals surface area contributed by atoms with E-state index in [-0.39, 0.29) is 11.6 Å². The Morgan fingerprint density at radius 3 is 2.03 bits per heavy atom. The number of benzene rings is 3. The third-order valence-corrected chi connectivity index (χ3v) is 5.89. The van der Waals surface area contributed by atoms with Crippen LogP contribution in [0, 0.1) is 11.6 Å². The van der Waals surface area contributed by atoms with Gasteiger partial charge in [-0.05, 0) is 55.8 Å². The molecular formula is C26H25F2N3O. The summed E-state index contributed by atoms with van der Waals surface area (Å²) in [6.07, 6.45) is 2.88. The number of hydrogen-bond donors (Lipinski definition) is 2. The number of nitrogens with zero attached hydrogens (tertiary/aromatic N) is 1. The van der Waals surface area contributed by atoms with Gasteiger partial charge in [0.15, 0.2) is 5.75 Å². The molecule has 0 amide bonds. The Balaban J connectivity index is 1.61. The molecule has 6 heteroatoms. The highest BCUT2D eigenvalue weighted by Crippen LogP contribution is 2.41. The number of fused-ring (bicyclic) bond motifs is 6. The van der Waals surface area contributed by atoms with Crippen molar-refractivity contribution in [2.24, 2.45) is 4.99 Å². The third-order valence-electron chi connectivity index (χ3n) is 5.89. The molecule has 0 spiro atoms. The molecule has 0 aliphatic rings. The van der Waals surface area contributed by atoms with Crippen molar-refractivity contribution >= 4 is 49.3 Å². The van der Waals surface area contributed by atoms with Gasteiger partial charge in [0.05, 0.1) is 17.6 Å². The van der Waals surface area contributed by atoms with Gasteiger partial charge in [0, 0.05) is 51.3 Å². The zero-order chi connectivity index (χ0) is 22.2. The molecule has 4 nitrogen and oxygen atoms in total. The van der Waals surface area contributed by atoms with Crippen LogP contribution < -0.4 is 4.74 Å². The number of hydrogen-bond acceptors (Lipinski definition) is 2. The van der Waals surface area contributed by atoms with Crippen molar-refractivity contribution < 1.29 is 13.5 Å². The molecule has 5 aromatic rings. The first-order valence-corrected chi connectivity index (χ1v) is 11.0. The molecule has 3 aromatic carbocycles. The molecule has 0 saturated carbocycles. The highest BCUT2D eigenvalue weighted by molar-refractivity contribution is 6.20. The lowest BCUT2D eigenvalue weighted by Gasteiger charge is -2.09. The molecule has 2 aromatic heterocycles. The fraction of sp³-hybridized carbons (Fsp3) is 0.269. The topological polar surface area (TPSA) is 53.2 Å². The van der Waals surface area contributed by atoms with E-state index in [0.29, 0.717) is 18.9 Å². The van der Waals surface area contributed by atoms with E-state index < -0.39 is 0 Å². The molecule has 0 saturated heterocycles. The van der Waals surface area contributed by atoms with Gasteiger partial charge >= 0.3 is 0 Å². The number of aliphatic imine (C=N–C) groups is 1. The van der Waals surface area contributed by atoms with Crippen LogP contribution in [0.25, 0.3) is 43.6 Å². The largest absolute Gasteiger partial charge is 0.489 e.